The molecule has 3 aromatic heterocycles. The minimum atomic E-state index is -4.58. The van der Waals surface area contributed by atoms with Gasteiger partial charge in [0.05, 0.1) is 18.6 Å². The smallest absolute Gasteiger partial charge is 0.416 e. The Kier molecular flexibility index (Phi) is 7.04. The summed E-state index contributed by atoms with van der Waals surface area (Å²) in [7, 11) is 1.41. The van der Waals surface area contributed by atoms with Gasteiger partial charge in [-0.15, -0.1) is 0 Å². The van der Waals surface area contributed by atoms with Crippen LogP contribution >= 0.6 is 0 Å². The lowest BCUT2D eigenvalue weighted by atomic mass is 9.81. The Morgan fingerprint density at radius 1 is 1.15 bits per heavy atom. The van der Waals surface area contributed by atoms with E-state index in [1.165, 1.54) is 19.2 Å². The summed E-state index contributed by atoms with van der Waals surface area (Å²) < 4.78 is 46.5. The number of nitrogens with two attached hydrogens (primary N) is 1. The molecule has 3 heterocycles. The van der Waals surface area contributed by atoms with Crippen LogP contribution in [-0.2, 0) is 11.0 Å². The normalized spacial score (nSPS) is 17.5. The molecule has 2 unspecified atom stereocenters. The molecule has 4 aromatic rings. The van der Waals surface area contributed by atoms with E-state index < -0.39 is 29.5 Å². The van der Waals surface area contributed by atoms with Crippen LogP contribution in [0.2, 0.25) is 0 Å². The number of anilines is 2. The number of carboxylic acids is 1. The number of ether oxygens (including phenoxy) is 1. The van der Waals surface area contributed by atoms with E-state index in [0.717, 1.165) is 31.2 Å². The number of imidazole rings is 1. The van der Waals surface area contributed by atoms with Crippen LogP contribution in [0.15, 0.2) is 48.9 Å². The number of pyridine rings is 1. The third-order valence-corrected chi connectivity index (χ3v) is 7.05. The number of alkyl halides is 3. The number of aliphatic carboxylic acids is 1. The monoisotopic (exact) mass is 554 g/mol. The van der Waals surface area contributed by atoms with Gasteiger partial charge in [-0.1, -0.05) is 6.42 Å². The molecule has 2 atom stereocenters. The van der Waals surface area contributed by atoms with Crippen molar-refractivity contribution < 1.29 is 32.6 Å². The van der Waals surface area contributed by atoms with Gasteiger partial charge in [-0.05, 0) is 49.6 Å². The summed E-state index contributed by atoms with van der Waals surface area (Å²) >= 11 is 0. The van der Waals surface area contributed by atoms with Crippen LogP contribution in [0.5, 0.6) is 5.75 Å². The zero-order valence-corrected chi connectivity index (χ0v) is 21.3. The number of halogens is 3. The number of nitrogens with zero attached hydrogens (tertiary/aromatic N) is 4. The largest absolute Gasteiger partial charge is 0.496 e. The van der Waals surface area contributed by atoms with Crippen molar-refractivity contribution in [3.8, 4) is 17.0 Å². The van der Waals surface area contributed by atoms with Gasteiger partial charge in [0.15, 0.2) is 0 Å². The molecule has 0 saturated heterocycles. The Labute approximate surface area is 226 Å². The van der Waals surface area contributed by atoms with E-state index in [1.807, 2.05) is 4.40 Å². The van der Waals surface area contributed by atoms with Gasteiger partial charge < -0.3 is 20.9 Å². The van der Waals surface area contributed by atoms with Gasteiger partial charge in [-0.2, -0.15) is 13.2 Å². The first-order chi connectivity index (χ1) is 19.1. The third-order valence-electron chi connectivity index (χ3n) is 7.05. The zero-order valence-electron chi connectivity index (χ0n) is 21.3. The standard InChI is InChI=1S/C27H25F3N6O4/c1-40-19-12-15(25(37)34-20-13-17(7-8-32-20)27(28,29)30)5-6-18(19)21-22-23(31)33-9-10-36(22)24(35-21)14-3-2-4-16(11-14)26(38)39/h5-10,12-14,16H,2-4,11H2,1H3,(H2,31,33)(H,38,39)(H,32,34,37). The molecule has 4 N–H and O–H groups in total. The maximum Gasteiger partial charge on any atom is 0.416 e. The van der Waals surface area contributed by atoms with Crippen molar-refractivity contribution in [3.63, 3.8) is 0 Å². The molecule has 0 bridgehead atoms. The summed E-state index contributed by atoms with van der Waals surface area (Å²) in [5.74, 6) is -1.21. The number of carboxylic acid groups (broad SMARTS) is 1. The fourth-order valence-electron chi connectivity index (χ4n) is 5.10. The number of nitrogens with one attached hydrogen (secondary N) is 1. The van der Waals surface area contributed by atoms with E-state index >= 15 is 0 Å². The molecule has 0 radical (unpaired) electrons. The summed E-state index contributed by atoms with van der Waals surface area (Å²) in [5.41, 5.74) is 6.90. The Morgan fingerprint density at radius 2 is 1.95 bits per heavy atom. The maximum atomic E-state index is 13.0. The number of hydrogen-bond acceptors (Lipinski definition) is 7. The van der Waals surface area contributed by atoms with Gasteiger partial charge in [0.1, 0.15) is 34.4 Å². The van der Waals surface area contributed by atoms with Crippen molar-refractivity contribution in [1.29, 1.82) is 0 Å². The lowest BCUT2D eigenvalue weighted by molar-refractivity contribution is -0.143. The fraction of sp³-hybridized carbons (Fsp3) is 0.296. The highest BCUT2D eigenvalue weighted by Gasteiger charge is 2.32. The molecule has 10 nitrogen and oxygen atoms in total. The number of amides is 1. The van der Waals surface area contributed by atoms with Crippen LogP contribution in [-0.4, -0.2) is 43.4 Å². The van der Waals surface area contributed by atoms with E-state index in [0.29, 0.717) is 35.4 Å². The first-order valence-corrected chi connectivity index (χ1v) is 12.4. The quantitative estimate of drug-likeness (QED) is 0.302. The molecule has 1 amide bonds. The van der Waals surface area contributed by atoms with Gasteiger partial charge in [-0.25, -0.2) is 15.0 Å². The van der Waals surface area contributed by atoms with Gasteiger partial charge >= 0.3 is 12.1 Å². The first-order valence-electron chi connectivity index (χ1n) is 12.4. The number of carbonyl (C=O) groups is 2. The van der Waals surface area contributed by atoms with Crippen LogP contribution in [0.3, 0.4) is 0 Å². The van der Waals surface area contributed by atoms with Crippen LogP contribution in [0.4, 0.5) is 24.8 Å². The van der Waals surface area contributed by atoms with Crippen molar-refractivity contribution in [3.05, 3.63) is 65.9 Å². The predicted octanol–water partition coefficient (Wildman–Crippen LogP) is 5.01. The highest BCUT2D eigenvalue weighted by Crippen LogP contribution is 2.41. The summed E-state index contributed by atoms with van der Waals surface area (Å²) in [6.07, 6.45) is 2.22. The Hall–Kier alpha value is -4.68. The lowest BCUT2D eigenvalue weighted by Crippen LogP contribution is -2.22. The minimum absolute atomic E-state index is 0.117. The second-order valence-electron chi connectivity index (χ2n) is 9.55. The molecule has 40 heavy (non-hydrogen) atoms. The molecular formula is C27H25F3N6O4. The maximum absolute atomic E-state index is 13.0. The SMILES string of the molecule is COc1cc(C(=O)Nc2cc(C(F)(F)F)ccn2)ccc1-c1nc(C2CCCC(C(=O)O)C2)n2ccnc(N)c12. The highest BCUT2D eigenvalue weighted by molar-refractivity contribution is 6.04. The molecular weight excluding hydrogens is 529 g/mol. The number of methoxy groups -OCH3 is 1. The Morgan fingerprint density at radius 3 is 2.67 bits per heavy atom. The average molecular weight is 555 g/mol. The summed E-state index contributed by atoms with van der Waals surface area (Å²) in [5, 5.41) is 11.9. The fourth-order valence-corrected chi connectivity index (χ4v) is 5.10. The molecule has 1 aromatic carbocycles. The predicted molar refractivity (Wildman–Crippen MR) is 139 cm³/mol. The van der Waals surface area contributed by atoms with E-state index in [4.69, 9.17) is 15.5 Å². The first kappa shape index (κ1) is 26.9. The molecule has 1 aliphatic carbocycles. The Balaban J connectivity index is 1.51. The number of rotatable bonds is 6. The van der Waals surface area contributed by atoms with Gasteiger partial charge in [0.2, 0.25) is 0 Å². The third kappa shape index (κ3) is 5.14. The van der Waals surface area contributed by atoms with E-state index in [9.17, 15) is 27.9 Å². The van der Waals surface area contributed by atoms with Crippen LogP contribution in [0.25, 0.3) is 16.8 Å². The second-order valence-corrected chi connectivity index (χ2v) is 9.55. The number of carbonyl (C=O) groups excluding carboxylic acids is 1. The van der Waals surface area contributed by atoms with Crippen molar-refractivity contribution in [2.75, 3.05) is 18.2 Å². The van der Waals surface area contributed by atoms with Crippen LogP contribution < -0.4 is 15.8 Å². The van der Waals surface area contributed by atoms with Gasteiger partial charge in [-0.3, -0.25) is 14.0 Å². The van der Waals surface area contributed by atoms with E-state index in [-0.39, 0.29) is 28.9 Å². The van der Waals surface area contributed by atoms with Crippen molar-refractivity contribution in [1.82, 2.24) is 19.4 Å². The number of nitrogen functional groups attached to an aromatic ring is 1. The Bertz CT molecular complexity index is 1600. The van der Waals surface area contributed by atoms with Gasteiger partial charge in [0, 0.05) is 35.6 Å². The van der Waals surface area contributed by atoms with Crippen molar-refractivity contribution >= 4 is 29.0 Å². The minimum Gasteiger partial charge on any atom is -0.496 e. The molecule has 13 heteroatoms. The van der Waals surface area contributed by atoms with E-state index in [1.54, 1.807) is 18.5 Å². The van der Waals surface area contributed by atoms with Crippen LogP contribution in [0, 0.1) is 5.92 Å². The number of benzene rings is 1. The number of fused-ring (bicyclic) bond motifs is 1. The zero-order chi connectivity index (χ0) is 28.6. The molecule has 5 rings (SSSR count). The van der Waals surface area contributed by atoms with Gasteiger partial charge in [0.25, 0.3) is 5.91 Å². The average Bonchev–Trinajstić information content (AvgIpc) is 3.33. The van der Waals surface area contributed by atoms with Crippen molar-refractivity contribution in [2.45, 2.75) is 37.8 Å². The molecule has 0 aliphatic heterocycles. The summed E-state index contributed by atoms with van der Waals surface area (Å²) in [6, 6.07) is 6.09. The van der Waals surface area contributed by atoms with Crippen LogP contribution in [0.1, 0.15) is 53.3 Å². The number of aromatic nitrogens is 4. The lowest BCUT2D eigenvalue weighted by Gasteiger charge is -2.25. The molecule has 1 fully saturated rings. The van der Waals surface area contributed by atoms with E-state index in [2.05, 4.69) is 15.3 Å². The molecule has 1 saturated carbocycles. The molecule has 208 valence electrons. The molecule has 0 spiro atoms. The molecule has 1 aliphatic rings. The topological polar surface area (TPSA) is 145 Å². The summed E-state index contributed by atoms with van der Waals surface area (Å²) in [6.45, 7) is 0. The number of hydrogen-bond donors (Lipinski definition) is 3. The second kappa shape index (κ2) is 10.5. The summed E-state index contributed by atoms with van der Waals surface area (Å²) in [4.78, 5) is 37.4. The van der Waals surface area contributed by atoms with Crippen molar-refractivity contribution in [2.24, 2.45) is 5.92 Å². The highest BCUT2D eigenvalue weighted by atomic mass is 19.4.